The van der Waals surface area contributed by atoms with E-state index in [4.69, 9.17) is 18.9 Å². The minimum Gasteiger partial charge on any atom is -0.479 e. The van der Waals surface area contributed by atoms with E-state index in [-0.39, 0.29) is 19.4 Å². The van der Waals surface area contributed by atoms with Crippen molar-refractivity contribution >= 4 is 17.9 Å². The molecule has 1 aliphatic heterocycles. The van der Waals surface area contributed by atoms with Crippen LogP contribution < -0.4 is 0 Å². The number of allylic oxidation sites excluding steroid dienone is 14. The maximum Gasteiger partial charge on any atom is 0.335 e. The molecule has 334 valence electrons. The first kappa shape index (κ1) is 53.4. The molecule has 0 aromatic rings. The SMILES string of the molecule is CC/C=C\C/C=C\C/C=C\C/C=C\C/C=C\C/C=C\CCC(=O)OCC(COC1OC(C(=O)O)C(O)C(O)C1O)OC(=O)CCCCCCC/C=C\CCCCCCC. The Bertz CT molecular complexity index is 1300. The maximum absolute atomic E-state index is 12.7. The van der Waals surface area contributed by atoms with Crippen LogP contribution in [0.1, 0.15) is 149 Å². The number of carboxylic acids is 1. The minimum atomic E-state index is -1.88. The molecular weight excluding hydrogens is 753 g/mol. The Morgan fingerprint density at radius 2 is 1.03 bits per heavy atom. The normalized spacial score (nSPS) is 20.7. The number of carbonyl (C=O) groups excluding carboxylic acids is 2. The van der Waals surface area contributed by atoms with Gasteiger partial charge in [0.05, 0.1) is 6.61 Å². The summed E-state index contributed by atoms with van der Waals surface area (Å²) in [6.45, 7) is 3.60. The molecule has 1 fully saturated rings. The van der Waals surface area contributed by atoms with Gasteiger partial charge in [-0.1, -0.05) is 144 Å². The van der Waals surface area contributed by atoms with E-state index in [1.54, 1.807) is 0 Å². The van der Waals surface area contributed by atoms with Crippen LogP contribution in [0.2, 0.25) is 0 Å². The molecule has 0 amide bonds. The lowest BCUT2D eigenvalue weighted by atomic mass is 9.99. The van der Waals surface area contributed by atoms with Crippen LogP contribution in [-0.4, -0.2) is 88.4 Å². The largest absolute Gasteiger partial charge is 0.479 e. The number of esters is 2. The van der Waals surface area contributed by atoms with Gasteiger partial charge in [-0.15, -0.1) is 0 Å². The number of carbonyl (C=O) groups is 3. The van der Waals surface area contributed by atoms with Crippen molar-refractivity contribution in [1.82, 2.24) is 0 Å². The van der Waals surface area contributed by atoms with Gasteiger partial charge in [-0.05, 0) is 77.0 Å². The molecule has 6 unspecified atom stereocenters. The van der Waals surface area contributed by atoms with E-state index < -0.39 is 61.3 Å². The predicted molar refractivity (Wildman–Crippen MR) is 233 cm³/mol. The summed E-state index contributed by atoms with van der Waals surface area (Å²) < 4.78 is 21.6. The van der Waals surface area contributed by atoms with Gasteiger partial charge in [0.15, 0.2) is 18.5 Å². The van der Waals surface area contributed by atoms with Crippen LogP contribution in [0.5, 0.6) is 0 Å². The van der Waals surface area contributed by atoms with Crippen LogP contribution >= 0.6 is 0 Å². The molecule has 1 saturated heterocycles. The Morgan fingerprint density at radius 3 is 1.58 bits per heavy atom. The lowest BCUT2D eigenvalue weighted by Crippen LogP contribution is -2.60. The van der Waals surface area contributed by atoms with Crippen LogP contribution in [0, 0.1) is 0 Å². The fourth-order valence-electron chi connectivity index (χ4n) is 6.02. The van der Waals surface area contributed by atoms with Crippen molar-refractivity contribution in [3.05, 3.63) is 85.1 Å². The first-order chi connectivity index (χ1) is 28.7. The number of hydrogen-bond acceptors (Lipinski definition) is 10. The molecule has 4 N–H and O–H groups in total. The predicted octanol–water partition coefficient (Wildman–Crippen LogP) is 9.48. The first-order valence-corrected chi connectivity index (χ1v) is 22.1. The topological polar surface area (TPSA) is 169 Å². The second-order valence-electron chi connectivity index (χ2n) is 14.8. The third kappa shape index (κ3) is 29.3. The molecule has 1 rings (SSSR count). The van der Waals surface area contributed by atoms with E-state index in [0.29, 0.717) is 12.8 Å². The summed E-state index contributed by atoms with van der Waals surface area (Å²) in [6.07, 6.45) is 39.3. The Balaban J connectivity index is 2.45. The lowest BCUT2D eigenvalue weighted by molar-refractivity contribution is -0.298. The Morgan fingerprint density at radius 1 is 0.542 bits per heavy atom. The van der Waals surface area contributed by atoms with Crippen molar-refractivity contribution in [2.75, 3.05) is 13.2 Å². The van der Waals surface area contributed by atoms with E-state index in [1.807, 2.05) is 12.2 Å². The number of aliphatic carboxylic acids is 1. The van der Waals surface area contributed by atoms with Crippen LogP contribution in [0.3, 0.4) is 0 Å². The van der Waals surface area contributed by atoms with Crippen molar-refractivity contribution in [3.63, 3.8) is 0 Å². The molecule has 1 aliphatic rings. The van der Waals surface area contributed by atoms with Crippen LogP contribution in [0.15, 0.2) is 85.1 Å². The zero-order valence-electron chi connectivity index (χ0n) is 36.0. The number of carboxylic acid groups (broad SMARTS) is 1. The first-order valence-electron chi connectivity index (χ1n) is 22.1. The smallest absolute Gasteiger partial charge is 0.335 e. The highest BCUT2D eigenvalue weighted by Crippen LogP contribution is 2.23. The minimum absolute atomic E-state index is 0.105. The summed E-state index contributed by atoms with van der Waals surface area (Å²) in [5.74, 6) is -2.57. The van der Waals surface area contributed by atoms with Gasteiger partial charge in [-0.2, -0.15) is 0 Å². The number of aliphatic hydroxyl groups excluding tert-OH is 3. The number of hydrogen-bond donors (Lipinski definition) is 4. The molecule has 0 saturated carbocycles. The highest BCUT2D eigenvalue weighted by atomic mass is 16.7. The summed E-state index contributed by atoms with van der Waals surface area (Å²) in [5.41, 5.74) is 0. The lowest BCUT2D eigenvalue weighted by Gasteiger charge is -2.38. The van der Waals surface area contributed by atoms with Crippen molar-refractivity contribution in [2.24, 2.45) is 0 Å². The van der Waals surface area contributed by atoms with E-state index in [9.17, 15) is 34.8 Å². The van der Waals surface area contributed by atoms with E-state index in [0.717, 1.165) is 77.0 Å². The van der Waals surface area contributed by atoms with Crippen LogP contribution in [0.25, 0.3) is 0 Å². The molecule has 0 spiro atoms. The van der Waals surface area contributed by atoms with Gasteiger partial charge in [0, 0.05) is 12.8 Å². The zero-order chi connectivity index (χ0) is 43.2. The number of aliphatic hydroxyl groups is 3. The molecule has 0 aromatic carbocycles. The van der Waals surface area contributed by atoms with E-state index >= 15 is 0 Å². The molecule has 11 heteroatoms. The molecule has 1 heterocycles. The molecule has 6 atom stereocenters. The zero-order valence-corrected chi connectivity index (χ0v) is 36.0. The quantitative estimate of drug-likeness (QED) is 0.0273. The molecule has 11 nitrogen and oxygen atoms in total. The van der Waals surface area contributed by atoms with Gasteiger partial charge in [0.1, 0.15) is 24.9 Å². The number of ether oxygens (including phenoxy) is 4. The van der Waals surface area contributed by atoms with E-state index in [2.05, 4.69) is 86.8 Å². The summed E-state index contributed by atoms with van der Waals surface area (Å²) in [6, 6.07) is 0. The summed E-state index contributed by atoms with van der Waals surface area (Å²) >= 11 is 0. The maximum atomic E-state index is 12.7. The third-order valence-corrected chi connectivity index (χ3v) is 9.49. The van der Waals surface area contributed by atoms with Crippen LogP contribution in [-0.2, 0) is 33.3 Å². The molecule has 0 aliphatic carbocycles. The molecule has 59 heavy (non-hydrogen) atoms. The molecular formula is C48H76O11. The highest BCUT2D eigenvalue weighted by molar-refractivity contribution is 5.73. The number of unbranched alkanes of at least 4 members (excludes halogenated alkanes) is 10. The van der Waals surface area contributed by atoms with Gasteiger partial charge in [-0.25, -0.2) is 4.79 Å². The second-order valence-corrected chi connectivity index (χ2v) is 14.8. The average molecular weight is 829 g/mol. The van der Waals surface area contributed by atoms with Crippen LogP contribution in [0.4, 0.5) is 0 Å². The molecule has 0 radical (unpaired) electrons. The van der Waals surface area contributed by atoms with Gasteiger partial charge in [0.2, 0.25) is 0 Å². The average Bonchev–Trinajstić information content (AvgIpc) is 3.22. The second kappa shape index (κ2) is 37.4. The fraction of sp³-hybridized carbons (Fsp3) is 0.646. The van der Waals surface area contributed by atoms with Gasteiger partial charge in [-0.3, -0.25) is 9.59 Å². The van der Waals surface area contributed by atoms with Crippen molar-refractivity contribution < 1.29 is 53.8 Å². The van der Waals surface area contributed by atoms with Gasteiger partial charge >= 0.3 is 17.9 Å². The Labute approximate surface area is 354 Å². The van der Waals surface area contributed by atoms with Crippen molar-refractivity contribution in [2.45, 2.75) is 185 Å². The summed E-state index contributed by atoms with van der Waals surface area (Å²) in [7, 11) is 0. The molecule has 0 bridgehead atoms. The monoisotopic (exact) mass is 829 g/mol. The van der Waals surface area contributed by atoms with Crippen molar-refractivity contribution in [3.8, 4) is 0 Å². The fourth-order valence-corrected chi connectivity index (χ4v) is 6.02. The Kier molecular flexibility index (Phi) is 33.8. The summed E-state index contributed by atoms with van der Waals surface area (Å²) in [5, 5.41) is 39.8. The Hall–Kier alpha value is -3.61. The van der Waals surface area contributed by atoms with Crippen molar-refractivity contribution in [1.29, 1.82) is 0 Å². The van der Waals surface area contributed by atoms with Gasteiger partial charge < -0.3 is 39.4 Å². The molecule has 0 aromatic heterocycles. The highest BCUT2D eigenvalue weighted by Gasteiger charge is 2.47. The number of rotatable bonds is 35. The third-order valence-electron chi connectivity index (χ3n) is 9.49. The summed E-state index contributed by atoms with van der Waals surface area (Å²) in [4.78, 5) is 36.8. The standard InChI is InChI=1S/C48H76O11/c1-3-5-7-9-11-13-15-17-19-20-21-22-23-25-26-28-30-32-34-36-41(49)56-38-40(39-57-48-45(53)43(51)44(52)46(59-48)47(54)55)58-42(50)37-35-33-31-29-27-24-18-16-14-12-10-8-6-4-2/h5,7,11,13,16-19,21-22,25-26,30,32,40,43-46,48,51-53H,3-4,6,8-10,12,14-15,20,23-24,27-29,31,33-39H2,1-2H3,(H,54,55)/b7-5-,13-11-,18-16-,19-17-,22-21-,26-25-,32-30-. The van der Waals surface area contributed by atoms with Gasteiger partial charge in [0.25, 0.3) is 0 Å². The van der Waals surface area contributed by atoms with E-state index in [1.165, 1.54) is 32.1 Å².